The third-order valence-electron chi connectivity index (χ3n) is 5.83. The molecule has 1 saturated heterocycles. The van der Waals surface area contributed by atoms with Gasteiger partial charge in [-0.15, -0.1) is 0 Å². The average Bonchev–Trinajstić information content (AvgIpc) is 2.80. The third kappa shape index (κ3) is 5.58. The Kier molecular flexibility index (Phi) is 6.94. The summed E-state index contributed by atoms with van der Waals surface area (Å²) in [6.45, 7) is 5.12. The van der Waals surface area contributed by atoms with Crippen LogP contribution in [0.4, 0.5) is 4.39 Å². The zero-order chi connectivity index (χ0) is 20.6. The zero-order valence-corrected chi connectivity index (χ0v) is 17.3. The molecule has 154 valence electrons. The lowest BCUT2D eigenvalue weighted by molar-refractivity contribution is 0.164. The Balaban J connectivity index is 1.35. The van der Waals surface area contributed by atoms with Crippen molar-refractivity contribution in [3.63, 3.8) is 0 Å². The fourth-order valence-electron chi connectivity index (χ4n) is 4.09. The van der Waals surface area contributed by atoms with Gasteiger partial charge in [0.25, 0.3) is 0 Å². The molecule has 0 saturated carbocycles. The SMILES string of the molecule is Fc1ccc(C(CN2CCN(/C=C/Cc3ccccc3)CC2)c2ccccc2)cc1. The highest BCUT2D eigenvalue weighted by Gasteiger charge is 2.21. The van der Waals surface area contributed by atoms with Gasteiger partial charge < -0.3 is 4.90 Å². The standard InChI is InChI=1S/C27H29FN2/c28-26-15-13-25(14-16-26)27(24-11-5-2-6-12-24)22-30-20-18-29(19-21-30)17-7-10-23-8-3-1-4-9-23/h1-9,11-17,27H,10,18-22H2/b17-7+. The smallest absolute Gasteiger partial charge is 0.123 e. The molecule has 0 aromatic heterocycles. The fraction of sp³-hybridized carbons (Fsp3) is 0.259. The van der Waals surface area contributed by atoms with E-state index in [4.69, 9.17) is 0 Å². The van der Waals surface area contributed by atoms with E-state index in [9.17, 15) is 4.39 Å². The fourth-order valence-corrected chi connectivity index (χ4v) is 4.09. The van der Waals surface area contributed by atoms with Gasteiger partial charge in [-0.1, -0.05) is 78.9 Å². The Morgan fingerprint density at radius 2 is 1.33 bits per heavy atom. The molecule has 0 N–H and O–H groups in total. The molecule has 3 aromatic carbocycles. The Morgan fingerprint density at radius 1 is 0.733 bits per heavy atom. The summed E-state index contributed by atoms with van der Waals surface area (Å²) in [7, 11) is 0. The van der Waals surface area contributed by atoms with Crippen LogP contribution in [-0.4, -0.2) is 42.5 Å². The summed E-state index contributed by atoms with van der Waals surface area (Å²) in [4.78, 5) is 4.94. The van der Waals surface area contributed by atoms with Gasteiger partial charge in [-0.05, 0) is 41.4 Å². The largest absolute Gasteiger partial charge is 0.375 e. The molecule has 0 amide bonds. The van der Waals surface area contributed by atoms with E-state index in [1.165, 1.54) is 16.7 Å². The second-order valence-corrected chi connectivity index (χ2v) is 7.93. The van der Waals surface area contributed by atoms with Crippen LogP contribution in [0.15, 0.2) is 97.2 Å². The topological polar surface area (TPSA) is 6.48 Å². The van der Waals surface area contributed by atoms with Crippen LogP contribution >= 0.6 is 0 Å². The van der Waals surface area contributed by atoms with E-state index in [0.717, 1.165) is 39.1 Å². The summed E-state index contributed by atoms with van der Waals surface area (Å²) in [6, 6.07) is 28.1. The van der Waals surface area contributed by atoms with Crippen molar-refractivity contribution in [3.8, 4) is 0 Å². The molecule has 3 heteroatoms. The lowest BCUT2D eigenvalue weighted by Gasteiger charge is -2.36. The minimum absolute atomic E-state index is 0.179. The van der Waals surface area contributed by atoms with Gasteiger partial charge in [0.15, 0.2) is 0 Å². The number of hydrogen-bond donors (Lipinski definition) is 0. The highest BCUT2D eigenvalue weighted by molar-refractivity contribution is 5.33. The molecule has 1 unspecified atom stereocenters. The van der Waals surface area contributed by atoms with Crippen LogP contribution in [0.5, 0.6) is 0 Å². The summed E-state index contributed by atoms with van der Waals surface area (Å²) in [5.41, 5.74) is 3.81. The number of halogens is 1. The van der Waals surface area contributed by atoms with Crippen molar-refractivity contribution in [1.82, 2.24) is 9.80 Å². The number of benzene rings is 3. The number of nitrogens with zero attached hydrogens (tertiary/aromatic N) is 2. The van der Waals surface area contributed by atoms with Gasteiger partial charge in [0.05, 0.1) is 0 Å². The van der Waals surface area contributed by atoms with Crippen LogP contribution in [0, 0.1) is 5.82 Å². The van der Waals surface area contributed by atoms with Gasteiger partial charge in [0.2, 0.25) is 0 Å². The van der Waals surface area contributed by atoms with E-state index in [2.05, 4.69) is 76.7 Å². The van der Waals surface area contributed by atoms with Gasteiger partial charge in [0.1, 0.15) is 5.82 Å². The van der Waals surface area contributed by atoms with Crippen molar-refractivity contribution in [2.45, 2.75) is 12.3 Å². The normalized spacial score (nSPS) is 16.1. The maximum absolute atomic E-state index is 13.4. The first-order chi connectivity index (χ1) is 14.8. The lowest BCUT2D eigenvalue weighted by Crippen LogP contribution is -2.45. The second kappa shape index (κ2) is 10.2. The molecule has 1 heterocycles. The number of piperazine rings is 1. The minimum atomic E-state index is -0.179. The van der Waals surface area contributed by atoms with Crippen LogP contribution in [0.2, 0.25) is 0 Å². The molecule has 3 aromatic rings. The second-order valence-electron chi connectivity index (χ2n) is 7.93. The molecule has 0 bridgehead atoms. The molecule has 30 heavy (non-hydrogen) atoms. The summed E-state index contributed by atoms with van der Waals surface area (Å²) in [5.74, 6) is 0.0773. The van der Waals surface area contributed by atoms with E-state index >= 15 is 0 Å². The average molecular weight is 401 g/mol. The molecule has 0 spiro atoms. The first-order valence-corrected chi connectivity index (χ1v) is 10.8. The quantitative estimate of drug-likeness (QED) is 0.529. The summed E-state index contributed by atoms with van der Waals surface area (Å²) in [5, 5.41) is 0. The van der Waals surface area contributed by atoms with Crippen molar-refractivity contribution in [2.24, 2.45) is 0 Å². The molecular formula is C27H29FN2. The van der Waals surface area contributed by atoms with Crippen LogP contribution < -0.4 is 0 Å². The first kappa shape index (κ1) is 20.4. The molecule has 1 atom stereocenters. The van der Waals surface area contributed by atoms with Gasteiger partial charge in [-0.3, -0.25) is 4.90 Å². The predicted molar refractivity (Wildman–Crippen MR) is 122 cm³/mol. The molecule has 1 aliphatic heterocycles. The number of hydrogen-bond acceptors (Lipinski definition) is 2. The minimum Gasteiger partial charge on any atom is -0.375 e. The maximum Gasteiger partial charge on any atom is 0.123 e. The Bertz CT molecular complexity index is 914. The molecule has 0 aliphatic carbocycles. The summed E-state index contributed by atoms with van der Waals surface area (Å²) < 4.78 is 13.4. The van der Waals surface area contributed by atoms with Gasteiger partial charge >= 0.3 is 0 Å². The molecule has 4 rings (SSSR count). The Hall–Kier alpha value is -2.91. The Labute approximate surface area is 179 Å². The Morgan fingerprint density at radius 3 is 2.00 bits per heavy atom. The van der Waals surface area contributed by atoms with Crippen molar-refractivity contribution >= 4 is 0 Å². The first-order valence-electron chi connectivity index (χ1n) is 10.8. The van der Waals surface area contributed by atoms with Gasteiger partial charge in [-0.25, -0.2) is 4.39 Å². The molecular weight excluding hydrogens is 371 g/mol. The van der Waals surface area contributed by atoms with Crippen molar-refractivity contribution in [1.29, 1.82) is 0 Å². The highest BCUT2D eigenvalue weighted by atomic mass is 19.1. The van der Waals surface area contributed by atoms with Crippen LogP contribution in [0.1, 0.15) is 22.6 Å². The number of rotatable bonds is 7. The van der Waals surface area contributed by atoms with Crippen molar-refractivity contribution in [2.75, 3.05) is 32.7 Å². The van der Waals surface area contributed by atoms with Gasteiger partial charge in [0, 0.05) is 38.6 Å². The molecule has 0 radical (unpaired) electrons. The van der Waals surface area contributed by atoms with E-state index in [1.54, 1.807) is 12.1 Å². The zero-order valence-electron chi connectivity index (χ0n) is 17.3. The molecule has 2 nitrogen and oxygen atoms in total. The van der Waals surface area contributed by atoms with Crippen molar-refractivity contribution < 1.29 is 4.39 Å². The summed E-state index contributed by atoms with van der Waals surface area (Å²) in [6.07, 6.45) is 5.48. The maximum atomic E-state index is 13.4. The summed E-state index contributed by atoms with van der Waals surface area (Å²) >= 11 is 0. The van der Waals surface area contributed by atoms with Crippen molar-refractivity contribution in [3.05, 3.63) is 120 Å². The van der Waals surface area contributed by atoms with Crippen LogP contribution in [0.3, 0.4) is 0 Å². The molecule has 1 fully saturated rings. The van der Waals surface area contributed by atoms with Gasteiger partial charge in [-0.2, -0.15) is 0 Å². The van der Waals surface area contributed by atoms with Crippen LogP contribution in [0.25, 0.3) is 0 Å². The molecule has 1 aliphatic rings. The predicted octanol–water partition coefficient (Wildman–Crippen LogP) is 5.33. The van der Waals surface area contributed by atoms with E-state index in [0.29, 0.717) is 0 Å². The van der Waals surface area contributed by atoms with Crippen LogP contribution in [-0.2, 0) is 6.42 Å². The monoisotopic (exact) mass is 400 g/mol. The third-order valence-corrected chi connectivity index (χ3v) is 5.83. The number of allylic oxidation sites excluding steroid dienone is 1. The highest BCUT2D eigenvalue weighted by Crippen LogP contribution is 2.26. The van der Waals surface area contributed by atoms with E-state index in [-0.39, 0.29) is 11.7 Å². The lowest BCUT2D eigenvalue weighted by atomic mass is 9.90. The van der Waals surface area contributed by atoms with E-state index in [1.807, 2.05) is 18.2 Å². The van der Waals surface area contributed by atoms with E-state index < -0.39 is 0 Å².